The SMILES string of the molecule is CCOC(=O)N1CCC(N2C(=O)c3ccccc3[C@H]2Nc2ccc(Br)cc2)CC1. The molecule has 6 nitrogen and oxygen atoms in total. The molecule has 0 unspecified atom stereocenters. The first-order valence-corrected chi connectivity index (χ1v) is 10.7. The number of hydrogen-bond donors (Lipinski definition) is 1. The summed E-state index contributed by atoms with van der Waals surface area (Å²) in [5, 5.41) is 3.54. The van der Waals surface area contributed by atoms with E-state index in [1.165, 1.54) is 0 Å². The van der Waals surface area contributed by atoms with Gasteiger partial charge in [-0.1, -0.05) is 34.1 Å². The molecule has 0 aromatic heterocycles. The second kappa shape index (κ2) is 8.45. The number of benzene rings is 2. The van der Waals surface area contributed by atoms with Crippen LogP contribution in [0.5, 0.6) is 0 Å². The Labute approximate surface area is 178 Å². The van der Waals surface area contributed by atoms with Gasteiger partial charge in [-0.25, -0.2) is 4.79 Å². The molecule has 1 atom stereocenters. The lowest BCUT2D eigenvalue weighted by molar-refractivity contribution is 0.0496. The minimum Gasteiger partial charge on any atom is -0.450 e. The second-order valence-corrected chi connectivity index (χ2v) is 8.19. The summed E-state index contributed by atoms with van der Waals surface area (Å²) in [5.74, 6) is 0.0461. The number of fused-ring (bicyclic) bond motifs is 1. The highest BCUT2D eigenvalue weighted by Crippen LogP contribution is 2.38. The third kappa shape index (κ3) is 3.96. The first-order chi connectivity index (χ1) is 14.1. The number of anilines is 1. The second-order valence-electron chi connectivity index (χ2n) is 7.27. The van der Waals surface area contributed by atoms with Crippen LogP contribution in [0.15, 0.2) is 53.0 Å². The number of carbonyl (C=O) groups excluding carboxylic acids is 2. The largest absolute Gasteiger partial charge is 0.450 e. The van der Waals surface area contributed by atoms with Crippen LogP contribution in [0.2, 0.25) is 0 Å². The number of rotatable bonds is 4. The topological polar surface area (TPSA) is 61.9 Å². The zero-order valence-electron chi connectivity index (χ0n) is 16.3. The van der Waals surface area contributed by atoms with Crippen molar-refractivity contribution in [2.45, 2.75) is 32.0 Å². The molecule has 0 saturated carbocycles. The maximum absolute atomic E-state index is 13.2. The van der Waals surface area contributed by atoms with Gasteiger partial charge in [0.2, 0.25) is 0 Å². The van der Waals surface area contributed by atoms with E-state index in [1.807, 2.05) is 60.4 Å². The Balaban J connectivity index is 1.55. The highest BCUT2D eigenvalue weighted by atomic mass is 79.9. The number of likely N-dealkylation sites (tertiary alicyclic amines) is 1. The van der Waals surface area contributed by atoms with Crippen LogP contribution in [0.4, 0.5) is 10.5 Å². The average Bonchev–Trinajstić information content (AvgIpc) is 3.02. The van der Waals surface area contributed by atoms with E-state index in [1.54, 1.807) is 4.90 Å². The van der Waals surface area contributed by atoms with Crippen LogP contribution in [-0.2, 0) is 4.74 Å². The molecule has 2 heterocycles. The molecule has 0 bridgehead atoms. The number of ether oxygens (including phenoxy) is 1. The smallest absolute Gasteiger partial charge is 0.409 e. The summed E-state index contributed by atoms with van der Waals surface area (Å²) in [6.07, 6.45) is 0.972. The van der Waals surface area contributed by atoms with Gasteiger partial charge in [0.15, 0.2) is 0 Å². The number of nitrogens with one attached hydrogen (secondary N) is 1. The molecule has 2 aliphatic rings. The Kier molecular flexibility index (Phi) is 5.76. The van der Waals surface area contributed by atoms with Crippen LogP contribution in [0.1, 0.15) is 41.9 Å². The van der Waals surface area contributed by atoms with Crippen molar-refractivity contribution in [3.63, 3.8) is 0 Å². The van der Waals surface area contributed by atoms with E-state index in [4.69, 9.17) is 4.74 Å². The normalized spacial score (nSPS) is 19.2. The number of amides is 2. The zero-order valence-corrected chi connectivity index (χ0v) is 17.9. The molecule has 2 amide bonds. The van der Waals surface area contributed by atoms with E-state index in [0.29, 0.717) is 19.7 Å². The molecule has 1 N–H and O–H groups in total. The van der Waals surface area contributed by atoms with E-state index in [-0.39, 0.29) is 24.2 Å². The number of hydrogen-bond acceptors (Lipinski definition) is 4. The fraction of sp³-hybridized carbons (Fsp3) is 0.364. The van der Waals surface area contributed by atoms with Crippen LogP contribution >= 0.6 is 15.9 Å². The molecule has 2 aromatic rings. The Morgan fingerprint density at radius 1 is 1.14 bits per heavy atom. The van der Waals surface area contributed by atoms with Gasteiger partial charge in [0, 0.05) is 40.4 Å². The first-order valence-electron chi connectivity index (χ1n) is 9.94. The van der Waals surface area contributed by atoms with Gasteiger partial charge in [0.25, 0.3) is 5.91 Å². The summed E-state index contributed by atoms with van der Waals surface area (Å²) in [4.78, 5) is 28.9. The van der Waals surface area contributed by atoms with Gasteiger partial charge in [0.1, 0.15) is 6.17 Å². The van der Waals surface area contributed by atoms with E-state index in [2.05, 4.69) is 21.2 Å². The standard InChI is InChI=1S/C22H24BrN3O3/c1-2-29-22(28)25-13-11-17(12-14-25)26-20(24-16-9-7-15(23)8-10-16)18-5-3-4-6-19(18)21(26)27/h3-10,17,20,24H,2,11-14H2,1H3/t20-/m0/s1. The monoisotopic (exact) mass is 457 g/mol. The van der Waals surface area contributed by atoms with E-state index in [0.717, 1.165) is 34.1 Å². The van der Waals surface area contributed by atoms with Gasteiger partial charge in [-0.3, -0.25) is 4.79 Å². The first kappa shape index (κ1) is 19.8. The maximum atomic E-state index is 13.2. The van der Waals surface area contributed by atoms with Crippen LogP contribution in [-0.4, -0.2) is 47.5 Å². The highest BCUT2D eigenvalue weighted by molar-refractivity contribution is 9.10. The van der Waals surface area contributed by atoms with Crippen LogP contribution in [0, 0.1) is 0 Å². The van der Waals surface area contributed by atoms with Crippen molar-refractivity contribution >= 4 is 33.6 Å². The maximum Gasteiger partial charge on any atom is 0.409 e. The Hall–Kier alpha value is -2.54. The predicted octanol–water partition coefficient (Wildman–Crippen LogP) is 4.64. The number of carbonyl (C=O) groups is 2. The van der Waals surface area contributed by atoms with Gasteiger partial charge >= 0.3 is 6.09 Å². The molecule has 4 rings (SSSR count). The van der Waals surface area contributed by atoms with Crippen LogP contribution in [0.25, 0.3) is 0 Å². The van der Waals surface area contributed by atoms with Crippen LogP contribution in [0.3, 0.4) is 0 Å². The molecule has 0 spiro atoms. The summed E-state index contributed by atoms with van der Waals surface area (Å²) < 4.78 is 6.12. The van der Waals surface area contributed by atoms with Crippen molar-refractivity contribution in [3.05, 3.63) is 64.1 Å². The van der Waals surface area contributed by atoms with Crippen molar-refractivity contribution in [2.24, 2.45) is 0 Å². The number of piperidine rings is 1. The van der Waals surface area contributed by atoms with E-state index in [9.17, 15) is 9.59 Å². The number of nitrogens with zero attached hydrogens (tertiary/aromatic N) is 2. The molecule has 2 aliphatic heterocycles. The minimum absolute atomic E-state index is 0.0461. The van der Waals surface area contributed by atoms with Gasteiger partial charge in [-0.05, 0) is 50.1 Å². The van der Waals surface area contributed by atoms with Crippen molar-refractivity contribution in [2.75, 3.05) is 25.0 Å². The summed E-state index contributed by atoms with van der Waals surface area (Å²) in [7, 11) is 0. The van der Waals surface area contributed by atoms with Crippen molar-refractivity contribution in [1.82, 2.24) is 9.80 Å². The van der Waals surface area contributed by atoms with Gasteiger partial charge in [-0.2, -0.15) is 0 Å². The Morgan fingerprint density at radius 2 is 1.83 bits per heavy atom. The lowest BCUT2D eigenvalue weighted by Gasteiger charge is -2.39. The van der Waals surface area contributed by atoms with Gasteiger partial charge in [-0.15, -0.1) is 0 Å². The summed E-state index contributed by atoms with van der Waals surface area (Å²) >= 11 is 3.46. The molecule has 1 saturated heterocycles. The lowest BCUT2D eigenvalue weighted by atomic mass is 10.0. The molecule has 7 heteroatoms. The molecule has 0 aliphatic carbocycles. The Morgan fingerprint density at radius 3 is 2.52 bits per heavy atom. The summed E-state index contributed by atoms with van der Waals surface area (Å²) in [5.41, 5.74) is 2.69. The molecular weight excluding hydrogens is 434 g/mol. The molecule has 152 valence electrons. The third-order valence-corrected chi connectivity index (χ3v) is 6.06. The van der Waals surface area contributed by atoms with Crippen molar-refractivity contribution in [3.8, 4) is 0 Å². The Bertz CT molecular complexity index is 894. The van der Waals surface area contributed by atoms with Gasteiger partial charge < -0.3 is 19.9 Å². The molecule has 29 heavy (non-hydrogen) atoms. The predicted molar refractivity (Wildman–Crippen MR) is 115 cm³/mol. The summed E-state index contributed by atoms with van der Waals surface area (Å²) in [6.45, 7) is 3.37. The highest BCUT2D eigenvalue weighted by Gasteiger charge is 2.42. The average molecular weight is 458 g/mol. The van der Waals surface area contributed by atoms with Crippen LogP contribution < -0.4 is 5.32 Å². The molecule has 1 fully saturated rings. The van der Waals surface area contributed by atoms with E-state index >= 15 is 0 Å². The summed E-state index contributed by atoms with van der Waals surface area (Å²) in [6, 6.07) is 15.8. The molecule has 0 radical (unpaired) electrons. The van der Waals surface area contributed by atoms with Crippen molar-refractivity contribution < 1.29 is 14.3 Å². The van der Waals surface area contributed by atoms with Crippen molar-refractivity contribution in [1.29, 1.82) is 0 Å². The third-order valence-electron chi connectivity index (χ3n) is 5.53. The molecule has 2 aromatic carbocycles. The molecular formula is C22H24BrN3O3. The fourth-order valence-electron chi connectivity index (χ4n) is 4.11. The van der Waals surface area contributed by atoms with E-state index < -0.39 is 0 Å². The zero-order chi connectivity index (χ0) is 20.4. The number of halogens is 1. The lowest BCUT2D eigenvalue weighted by Crippen LogP contribution is -2.49. The minimum atomic E-state index is -0.272. The van der Waals surface area contributed by atoms with Gasteiger partial charge in [0.05, 0.1) is 6.61 Å². The quantitative estimate of drug-likeness (QED) is 0.726. The fourth-order valence-corrected chi connectivity index (χ4v) is 4.37.